The van der Waals surface area contributed by atoms with Crippen molar-refractivity contribution in [2.75, 3.05) is 0 Å². The molecule has 1 aliphatic carbocycles. The van der Waals surface area contributed by atoms with Gasteiger partial charge < -0.3 is 5.11 Å². The van der Waals surface area contributed by atoms with E-state index in [0.29, 0.717) is 6.42 Å². The van der Waals surface area contributed by atoms with Crippen LogP contribution in [-0.4, -0.2) is 20.9 Å². The summed E-state index contributed by atoms with van der Waals surface area (Å²) in [5.74, 6) is -0.773. The van der Waals surface area contributed by atoms with Crippen molar-refractivity contribution in [1.29, 1.82) is 0 Å². The number of carbonyl (C=O) groups excluding carboxylic acids is 1. The van der Waals surface area contributed by atoms with E-state index >= 15 is 0 Å². The van der Waals surface area contributed by atoms with Crippen molar-refractivity contribution in [2.45, 2.75) is 37.4 Å². The van der Waals surface area contributed by atoms with Gasteiger partial charge in [-0.15, -0.1) is 0 Å². The Hall–Kier alpha value is -0.510. The molecule has 0 amide bonds. The normalized spacial score (nSPS) is 18.8. The van der Waals surface area contributed by atoms with Crippen molar-refractivity contribution in [3.63, 3.8) is 0 Å². The van der Waals surface area contributed by atoms with Crippen LogP contribution < -0.4 is 0 Å². The lowest BCUT2D eigenvalue weighted by Crippen LogP contribution is -2.08. The fraction of sp³-hybridized carbons (Fsp3) is 0.750. The molecular weight excluding hydrogens is 176 g/mol. The van der Waals surface area contributed by atoms with Crippen LogP contribution in [0.1, 0.15) is 32.6 Å². The summed E-state index contributed by atoms with van der Waals surface area (Å²) in [7, 11) is 0. The van der Waals surface area contributed by atoms with E-state index in [1.54, 1.807) is 0 Å². The molecule has 4 heteroatoms. The molecule has 0 saturated heterocycles. The summed E-state index contributed by atoms with van der Waals surface area (Å²) in [6.07, 6.45) is 2.79. The van der Waals surface area contributed by atoms with Crippen LogP contribution in [0.5, 0.6) is 0 Å². The average Bonchev–Trinajstić information content (AvgIpc) is 2.64. The number of aliphatic carboxylic acids is 1. The third kappa shape index (κ3) is 2.85. The molecule has 3 nitrogen and oxygen atoms in total. The Kier molecular flexibility index (Phi) is 2.77. The first kappa shape index (κ1) is 9.58. The van der Waals surface area contributed by atoms with Gasteiger partial charge in [-0.25, -0.2) is 0 Å². The summed E-state index contributed by atoms with van der Waals surface area (Å²) in [4.78, 5) is 21.0. The van der Waals surface area contributed by atoms with Crippen LogP contribution >= 0.6 is 11.8 Å². The van der Waals surface area contributed by atoms with E-state index in [1.807, 2.05) is 0 Å². The highest BCUT2D eigenvalue weighted by Gasteiger charge is 2.44. The Balaban J connectivity index is 2.30. The zero-order valence-electron chi connectivity index (χ0n) is 7.00. The topological polar surface area (TPSA) is 54.4 Å². The van der Waals surface area contributed by atoms with Gasteiger partial charge in [0.1, 0.15) is 0 Å². The molecule has 0 aromatic rings. The molecule has 0 bridgehead atoms. The van der Waals surface area contributed by atoms with Crippen LogP contribution in [0.2, 0.25) is 0 Å². The number of carboxylic acid groups (broad SMARTS) is 1. The van der Waals surface area contributed by atoms with Crippen LogP contribution in [0.15, 0.2) is 0 Å². The highest BCUT2D eigenvalue weighted by molar-refractivity contribution is 8.15. The monoisotopic (exact) mass is 188 g/mol. The molecule has 0 unspecified atom stereocenters. The fourth-order valence-electron chi connectivity index (χ4n) is 1.18. The van der Waals surface area contributed by atoms with E-state index < -0.39 is 5.97 Å². The minimum Gasteiger partial charge on any atom is -0.481 e. The minimum atomic E-state index is -0.773. The van der Waals surface area contributed by atoms with Crippen molar-refractivity contribution in [3.8, 4) is 0 Å². The Labute approximate surface area is 75.5 Å². The highest BCUT2D eigenvalue weighted by atomic mass is 32.2. The van der Waals surface area contributed by atoms with Crippen LogP contribution in [-0.2, 0) is 9.59 Å². The van der Waals surface area contributed by atoms with Gasteiger partial charge in [0, 0.05) is 18.1 Å². The highest BCUT2D eigenvalue weighted by Crippen LogP contribution is 2.52. The van der Waals surface area contributed by atoms with Crippen LogP contribution in [0.3, 0.4) is 0 Å². The van der Waals surface area contributed by atoms with Gasteiger partial charge in [0.15, 0.2) is 5.12 Å². The zero-order valence-corrected chi connectivity index (χ0v) is 7.82. The third-order valence-corrected chi connectivity index (χ3v) is 3.30. The summed E-state index contributed by atoms with van der Waals surface area (Å²) >= 11 is 1.31. The van der Waals surface area contributed by atoms with Gasteiger partial charge in [0.05, 0.1) is 0 Å². The number of carboxylic acids is 1. The van der Waals surface area contributed by atoms with Gasteiger partial charge >= 0.3 is 5.97 Å². The molecule has 1 N–H and O–H groups in total. The van der Waals surface area contributed by atoms with Gasteiger partial charge in [0.25, 0.3) is 0 Å². The Bertz CT molecular complexity index is 208. The Morgan fingerprint density at radius 1 is 1.50 bits per heavy atom. The van der Waals surface area contributed by atoms with E-state index in [9.17, 15) is 9.59 Å². The summed E-state index contributed by atoms with van der Waals surface area (Å²) in [5.41, 5.74) is 0. The molecule has 1 fully saturated rings. The second kappa shape index (κ2) is 3.47. The van der Waals surface area contributed by atoms with Crippen LogP contribution in [0, 0.1) is 0 Å². The second-order valence-corrected chi connectivity index (χ2v) is 4.82. The Morgan fingerprint density at radius 2 is 2.08 bits per heavy atom. The fourth-order valence-corrected chi connectivity index (χ4v) is 2.30. The lowest BCUT2D eigenvalue weighted by atomic mass is 10.2. The van der Waals surface area contributed by atoms with Crippen molar-refractivity contribution in [3.05, 3.63) is 0 Å². The van der Waals surface area contributed by atoms with Gasteiger partial charge in [-0.2, -0.15) is 0 Å². The number of hydrogen-bond acceptors (Lipinski definition) is 3. The smallest absolute Gasteiger partial charge is 0.303 e. The number of carbonyl (C=O) groups is 2. The molecular formula is C8H12O3S. The van der Waals surface area contributed by atoms with E-state index in [-0.39, 0.29) is 16.3 Å². The SMILES string of the molecule is CC(=O)SC1(CCC(=O)O)CC1. The van der Waals surface area contributed by atoms with Crippen molar-refractivity contribution < 1.29 is 14.7 Å². The first-order chi connectivity index (χ1) is 5.54. The molecule has 0 radical (unpaired) electrons. The molecule has 1 aliphatic rings. The molecule has 1 rings (SSSR count). The van der Waals surface area contributed by atoms with Gasteiger partial charge in [0.2, 0.25) is 0 Å². The van der Waals surface area contributed by atoms with Gasteiger partial charge in [-0.3, -0.25) is 9.59 Å². The summed E-state index contributed by atoms with van der Waals surface area (Å²) in [6, 6.07) is 0. The van der Waals surface area contributed by atoms with E-state index in [1.165, 1.54) is 18.7 Å². The third-order valence-electron chi connectivity index (χ3n) is 1.96. The predicted octanol–water partition coefficient (Wildman–Crippen LogP) is 1.66. The minimum absolute atomic E-state index is 0.00970. The molecule has 0 atom stereocenters. The first-order valence-corrected chi connectivity index (χ1v) is 4.77. The van der Waals surface area contributed by atoms with Gasteiger partial charge in [-0.05, 0) is 19.3 Å². The van der Waals surface area contributed by atoms with Crippen LogP contribution in [0.4, 0.5) is 0 Å². The summed E-state index contributed by atoms with van der Waals surface area (Å²) in [6.45, 7) is 1.53. The maximum atomic E-state index is 10.8. The van der Waals surface area contributed by atoms with Crippen molar-refractivity contribution >= 4 is 22.8 Å². The summed E-state index contributed by atoms with van der Waals surface area (Å²) < 4.78 is -0.00970. The summed E-state index contributed by atoms with van der Waals surface area (Å²) in [5, 5.41) is 8.54. The zero-order chi connectivity index (χ0) is 9.19. The molecule has 0 aromatic heterocycles. The average molecular weight is 188 g/mol. The van der Waals surface area contributed by atoms with Gasteiger partial charge in [-0.1, -0.05) is 11.8 Å². The molecule has 1 saturated carbocycles. The molecule has 0 aliphatic heterocycles. The quantitative estimate of drug-likeness (QED) is 0.729. The Morgan fingerprint density at radius 3 is 2.42 bits per heavy atom. The second-order valence-electron chi connectivity index (χ2n) is 3.17. The first-order valence-electron chi connectivity index (χ1n) is 3.95. The van der Waals surface area contributed by atoms with Crippen molar-refractivity contribution in [2.24, 2.45) is 0 Å². The molecule has 0 aromatic carbocycles. The standard InChI is InChI=1S/C8H12O3S/c1-6(9)12-8(4-5-8)3-2-7(10)11/h2-5H2,1H3,(H,10,11). The molecule has 68 valence electrons. The lowest BCUT2D eigenvalue weighted by Gasteiger charge is -2.09. The molecule has 0 heterocycles. The largest absolute Gasteiger partial charge is 0.481 e. The molecule has 12 heavy (non-hydrogen) atoms. The van der Waals surface area contributed by atoms with Crippen molar-refractivity contribution in [1.82, 2.24) is 0 Å². The lowest BCUT2D eigenvalue weighted by molar-refractivity contribution is -0.137. The van der Waals surface area contributed by atoms with E-state index in [0.717, 1.165) is 12.8 Å². The number of thioether (sulfide) groups is 1. The van der Waals surface area contributed by atoms with E-state index in [4.69, 9.17) is 5.11 Å². The maximum absolute atomic E-state index is 10.8. The van der Waals surface area contributed by atoms with E-state index in [2.05, 4.69) is 0 Å². The number of rotatable bonds is 4. The maximum Gasteiger partial charge on any atom is 0.303 e. The predicted molar refractivity (Wildman–Crippen MR) is 47.1 cm³/mol. The number of hydrogen-bond donors (Lipinski definition) is 1. The van der Waals surface area contributed by atoms with Crippen LogP contribution in [0.25, 0.3) is 0 Å². The molecule has 0 spiro atoms.